The third-order valence-corrected chi connectivity index (χ3v) is 2.49. The Kier molecular flexibility index (Phi) is 2.50. The molecule has 1 aliphatic rings. The van der Waals surface area contributed by atoms with E-state index in [1.54, 1.807) is 0 Å². The van der Waals surface area contributed by atoms with E-state index in [4.69, 9.17) is 0 Å². The van der Waals surface area contributed by atoms with Gasteiger partial charge in [0.15, 0.2) is 0 Å². The number of hydrogen-bond donors (Lipinski definition) is 1. The highest BCUT2D eigenvalue weighted by molar-refractivity contribution is 5.78. The van der Waals surface area contributed by atoms with Crippen LogP contribution in [0.15, 0.2) is 30.3 Å². The van der Waals surface area contributed by atoms with Crippen molar-refractivity contribution in [1.29, 1.82) is 0 Å². The van der Waals surface area contributed by atoms with Gasteiger partial charge in [0.25, 0.3) is 0 Å². The molecule has 2 rings (SSSR count). The first-order valence-electron chi connectivity index (χ1n) is 4.79. The van der Waals surface area contributed by atoms with Gasteiger partial charge < -0.3 is 10.0 Å². The van der Waals surface area contributed by atoms with E-state index >= 15 is 0 Å². The van der Waals surface area contributed by atoms with Crippen molar-refractivity contribution in [2.75, 3.05) is 0 Å². The molecule has 1 aromatic rings. The minimum absolute atomic E-state index is 0.0429. The van der Waals surface area contributed by atoms with E-state index in [2.05, 4.69) is 0 Å². The molecule has 0 aromatic heterocycles. The molecule has 1 N–H and O–H groups in total. The smallest absolute Gasteiger partial charge is 0.225 e. The van der Waals surface area contributed by atoms with Crippen molar-refractivity contribution in [3.63, 3.8) is 0 Å². The van der Waals surface area contributed by atoms with E-state index in [1.165, 1.54) is 4.90 Å². The lowest BCUT2D eigenvalue weighted by Crippen LogP contribution is -2.31. The van der Waals surface area contributed by atoms with E-state index in [9.17, 15) is 9.90 Å². The maximum Gasteiger partial charge on any atom is 0.225 e. The van der Waals surface area contributed by atoms with E-state index in [0.29, 0.717) is 19.4 Å². The summed E-state index contributed by atoms with van der Waals surface area (Å²) in [4.78, 5) is 12.9. The maximum atomic E-state index is 11.4. The normalized spacial score (nSPS) is 21.6. The SMILES string of the molecule is O=C1CC[C@@H](O)N1Cc1ccccc1. The van der Waals surface area contributed by atoms with E-state index in [-0.39, 0.29) is 5.91 Å². The predicted molar refractivity (Wildman–Crippen MR) is 52.2 cm³/mol. The van der Waals surface area contributed by atoms with Crippen LogP contribution in [0, 0.1) is 0 Å². The number of carbonyl (C=O) groups is 1. The molecule has 0 spiro atoms. The fourth-order valence-corrected chi connectivity index (χ4v) is 1.69. The second kappa shape index (κ2) is 3.80. The van der Waals surface area contributed by atoms with Gasteiger partial charge in [-0.1, -0.05) is 30.3 Å². The largest absolute Gasteiger partial charge is 0.373 e. The van der Waals surface area contributed by atoms with E-state index < -0.39 is 6.23 Å². The Morgan fingerprint density at radius 3 is 2.64 bits per heavy atom. The lowest BCUT2D eigenvalue weighted by atomic mass is 10.2. The van der Waals surface area contributed by atoms with Crippen LogP contribution in [0.2, 0.25) is 0 Å². The molecule has 1 saturated heterocycles. The lowest BCUT2D eigenvalue weighted by molar-refractivity contribution is -0.134. The molecule has 0 unspecified atom stereocenters. The molecule has 1 aliphatic heterocycles. The summed E-state index contributed by atoms with van der Waals surface area (Å²) in [7, 11) is 0. The summed E-state index contributed by atoms with van der Waals surface area (Å²) in [5.74, 6) is 0.0429. The second-order valence-corrected chi connectivity index (χ2v) is 3.53. The van der Waals surface area contributed by atoms with Crippen molar-refractivity contribution in [2.45, 2.75) is 25.6 Å². The Morgan fingerprint density at radius 1 is 1.36 bits per heavy atom. The molecule has 1 amide bonds. The van der Waals surface area contributed by atoms with Crippen LogP contribution in [-0.4, -0.2) is 22.1 Å². The van der Waals surface area contributed by atoms with E-state index in [0.717, 1.165) is 5.56 Å². The first-order valence-corrected chi connectivity index (χ1v) is 4.79. The maximum absolute atomic E-state index is 11.4. The first-order chi connectivity index (χ1) is 6.77. The molecule has 1 fully saturated rings. The number of benzene rings is 1. The van der Waals surface area contributed by atoms with Crippen molar-refractivity contribution < 1.29 is 9.90 Å². The molecular weight excluding hydrogens is 178 g/mol. The van der Waals surface area contributed by atoms with Gasteiger partial charge in [-0.3, -0.25) is 4.79 Å². The molecule has 0 aliphatic carbocycles. The summed E-state index contributed by atoms with van der Waals surface area (Å²) >= 11 is 0. The summed E-state index contributed by atoms with van der Waals surface area (Å²) in [6.45, 7) is 0.515. The van der Waals surface area contributed by atoms with Gasteiger partial charge in [-0.25, -0.2) is 0 Å². The minimum atomic E-state index is -0.595. The standard InChI is InChI=1S/C11H13NO2/c13-10-6-7-11(14)12(10)8-9-4-2-1-3-5-9/h1-5,10,13H,6-8H2/t10-/m1/s1. The average Bonchev–Trinajstić information content (AvgIpc) is 2.51. The van der Waals surface area contributed by atoms with Crippen LogP contribution in [0.4, 0.5) is 0 Å². The minimum Gasteiger partial charge on any atom is -0.373 e. The van der Waals surface area contributed by atoms with Crippen LogP contribution in [-0.2, 0) is 11.3 Å². The molecule has 14 heavy (non-hydrogen) atoms. The molecule has 3 nitrogen and oxygen atoms in total. The number of aliphatic hydroxyl groups is 1. The number of nitrogens with zero attached hydrogens (tertiary/aromatic N) is 1. The van der Waals surface area contributed by atoms with Crippen LogP contribution in [0.25, 0.3) is 0 Å². The highest BCUT2D eigenvalue weighted by atomic mass is 16.3. The molecular formula is C11H13NO2. The van der Waals surface area contributed by atoms with E-state index in [1.807, 2.05) is 30.3 Å². The van der Waals surface area contributed by atoms with Crippen molar-refractivity contribution in [3.05, 3.63) is 35.9 Å². The topological polar surface area (TPSA) is 40.5 Å². The van der Waals surface area contributed by atoms with Crippen molar-refractivity contribution in [3.8, 4) is 0 Å². The third-order valence-electron chi connectivity index (χ3n) is 2.49. The highest BCUT2D eigenvalue weighted by Crippen LogP contribution is 2.18. The Balaban J connectivity index is 2.07. The van der Waals surface area contributed by atoms with Crippen LogP contribution < -0.4 is 0 Å². The molecule has 1 heterocycles. The van der Waals surface area contributed by atoms with Crippen LogP contribution in [0.1, 0.15) is 18.4 Å². The zero-order chi connectivity index (χ0) is 9.97. The number of hydrogen-bond acceptors (Lipinski definition) is 2. The number of aliphatic hydroxyl groups excluding tert-OH is 1. The average molecular weight is 191 g/mol. The van der Waals surface area contributed by atoms with Crippen molar-refractivity contribution >= 4 is 5.91 Å². The van der Waals surface area contributed by atoms with Crippen LogP contribution in [0.5, 0.6) is 0 Å². The van der Waals surface area contributed by atoms with Crippen LogP contribution in [0.3, 0.4) is 0 Å². The zero-order valence-electron chi connectivity index (χ0n) is 7.89. The van der Waals surface area contributed by atoms with Crippen LogP contribution >= 0.6 is 0 Å². The van der Waals surface area contributed by atoms with Gasteiger partial charge in [0, 0.05) is 19.4 Å². The van der Waals surface area contributed by atoms with Crippen molar-refractivity contribution in [2.24, 2.45) is 0 Å². The summed E-state index contributed by atoms with van der Waals surface area (Å²) in [5.41, 5.74) is 1.06. The number of rotatable bonds is 2. The van der Waals surface area contributed by atoms with Gasteiger partial charge in [-0.05, 0) is 5.56 Å². The van der Waals surface area contributed by atoms with Gasteiger partial charge in [0.05, 0.1) is 0 Å². The molecule has 3 heteroatoms. The summed E-state index contributed by atoms with van der Waals surface area (Å²) in [5, 5.41) is 9.53. The summed E-state index contributed by atoms with van der Waals surface area (Å²) in [6, 6.07) is 9.72. The Labute approximate surface area is 83.0 Å². The molecule has 0 saturated carbocycles. The number of amides is 1. The summed E-state index contributed by atoms with van der Waals surface area (Å²) in [6.07, 6.45) is 0.433. The van der Waals surface area contributed by atoms with Crippen molar-refractivity contribution in [1.82, 2.24) is 4.90 Å². The fourth-order valence-electron chi connectivity index (χ4n) is 1.69. The first kappa shape index (κ1) is 9.21. The molecule has 1 atom stereocenters. The van der Waals surface area contributed by atoms with Gasteiger partial charge in [-0.2, -0.15) is 0 Å². The zero-order valence-corrected chi connectivity index (χ0v) is 7.89. The Bertz CT molecular complexity index is 323. The number of carbonyl (C=O) groups excluding carboxylic acids is 1. The summed E-state index contributed by atoms with van der Waals surface area (Å²) < 4.78 is 0. The monoisotopic (exact) mass is 191 g/mol. The lowest BCUT2D eigenvalue weighted by Gasteiger charge is -2.20. The fraction of sp³-hybridized carbons (Fsp3) is 0.364. The van der Waals surface area contributed by atoms with Gasteiger partial charge in [-0.15, -0.1) is 0 Å². The Hall–Kier alpha value is -1.35. The highest BCUT2D eigenvalue weighted by Gasteiger charge is 2.28. The molecule has 1 aromatic carbocycles. The Morgan fingerprint density at radius 2 is 2.07 bits per heavy atom. The van der Waals surface area contributed by atoms with Gasteiger partial charge in [0.1, 0.15) is 6.23 Å². The van der Waals surface area contributed by atoms with Gasteiger partial charge >= 0.3 is 0 Å². The third kappa shape index (κ3) is 1.77. The second-order valence-electron chi connectivity index (χ2n) is 3.53. The predicted octanol–water partition coefficient (Wildman–Crippen LogP) is 1.13. The molecule has 0 bridgehead atoms. The number of likely N-dealkylation sites (tertiary alicyclic amines) is 1. The molecule has 74 valence electrons. The quantitative estimate of drug-likeness (QED) is 0.761. The molecule has 0 radical (unpaired) electrons. The van der Waals surface area contributed by atoms with Gasteiger partial charge in [0.2, 0.25) is 5.91 Å².